The Kier molecular flexibility index (Phi) is 5.93. The second-order valence-corrected chi connectivity index (χ2v) is 3.18. The zero-order chi connectivity index (χ0) is 8.27. The Morgan fingerprint density at radius 3 is 2.17 bits per heavy atom. The zero-order valence-electron chi connectivity index (χ0n) is 6.71. The van der Waals surface area contributed by atoms with E-state index in [1.54, 1.807) is 30.3 Å². The molecule has 1 aromatic carbocycles. The van der Waals surface area contributed by atoms with Crippen molar-refractivity contribution in [2.75, 3.05) is 0 Å². The summed E-state index contributed by atoms with van der Waals surface area (Å²) in [5.41, 5.74) is 0.469. The molecule has 0 aliphatic heterocycles. The summed E-state index contributed by atoms with van der Waals surface area (Å²) in [6, 6.07) is 8.40. The monoisotopic (exact) mass is 194 g/mol. The second kappa shape index (κ2) is 5.81. The average Bonchev–Trinajstić information content (AvgIpc) is 2.05. The van der Waals surface area contributed by atoms with Gasteiger partial charge in [0.25, 0.3) is 0 Å². The fourth-order valence-electron chi connectivity index (χ4n) is 0.753. The van der Waals surface area contributed by atoms with Crippen molar-refractivity contribution >= 4 is 8.03 Å². The van der Waals surface area contributed by atoms with E-state index < -0.39 is 13.9 Å². The summed E-state index contributed by atoms with van der Waals surface area (Å²) in [6.45, 7) is 0. The minimum atomic E-state index is -2.53. The SMILES string of the molecule is O=[P+](O)C(O)c1ccccc1.[Na+]. The summed E-state index contributed by atoms with van der Waals surface area (Å²) < 4.78 is 10.4. The molecular weight excluding hydrogens is 186 g/mol. The van der Waals surface area contributed by atoms with Gasteiger partial charge in [-0.25, -0.2) is 0 Å². The number of hydrogen-bond donors (Lipinski definition) is 2. The van der Waals surface area contributed by atoms with Crippen LogP contribution in [0.1, 0.15) is 11.4 Å². The van der Waals surface area contributed by atoms with E-state index in [-0.39, 0.29) is 29.6 Å². The Bertz CT molecular complexity index is 252. The minimum Gasteiger partial charge on any atom is -0.345 e. The van der Waals surface area contributed by atoms with E-state index in [2.05, 4.69) is 0 Å². The molecule has 0 amide bonds. The predicted molar refractivity (Wildman–Crippen MR) is 41.2 cm³/mol. The second-order valence-electron chi connectivity index (χ2n) is 2.09. The van der Waals surface area contributed by atoms with E-state index in [0.717, 1.165) is 0 Å². The molecule has 2 atom stereocenters. The summed E-state index contributed by atoms with van der Waals surface area (Å²) in [7, 11) is -2.53. The molecule has 2 N–H and O–H groups in total. The fourth-order valence-corrected chi connectivity index (χ4v) is 1.18. The maximum Gasteiger partial charge on any atom is 1.00 e. The molecule has 0 fully saturated rings. The molecule has 12 heavy (non-hydrogen) atoms. The molecule has 1 aromatic rings. The number of hydrogen-bond acceptors (Lipinski definition) is 2. The topological polar surface area (TPSA) is 57.5 Å². The number of rotatable bonds is 2. The van der Waals surface area contributed by atoms with Crippen molar-refractivity contribution in [3.05, 3.63) is 35.9 Å². The van der Waals surface area contributed by atoms with Crippen LogP contribution in [0.15, 0.2) is 30.3 Å². The van der Waals surface area contributed by atoms with Crippen LogP contribution in [0.3, 0.4) is 0 Å². The largest absolute Gasteiger partial charge is 1.00 e. The average molecular weight is 194 g/mol. The molecule has 0 saturated carbocycles. The molecule has 3 nitrogen and oxygen atoms in total. The Labute approximate surface area is 93.6 Å². The van der Waals surface area contributed by atoms with Crippen LogP contribution in [0.25, 0.3) is 0 Å². The van der Waals surface area contributed by atoms with E-state index >= 15 is 0 Å². The van der Waals surface area contributed by atoms with Crippen LogP contribution >= 0.6 is 8.03 Å². The molecule has 58 valence electrons. The van der Waals surface area contributed by atoms with Crippen molar-refractivity contribution < 1.29 is 44.1 Å². The van der Waals surface area contributed by atoms with Crippen molar-refractivity contribution in [2.24, 2.45) is 0 Å². The first-order chi connectivity index (χ1) is 5.22. The molecule has 0 aliphatic carbocycles. The minimum absolute atomic E-state index is 0. The van der Waals surface area contributed by atoms with Crippen LogP contribution in [0.4, 0.5) is 0 Å². The van der Waals surface area contributed by atoms with Crippen LogP contribution < -0.4 is 29.6 Å². The molecular formula is C7H8NaO3P+2. The Morgan fingerprint density at radius 1 is 1.25 bits per heavy atom. The molecule has 0 bridgehead atoms. The third kappa shape index (κ3) is 3.31. The Hall–Kier alpha value is 0.240. The van der Waals surface area contributed by atoms with E-state index in [9.17, 15) is 4.57 Å². The van der Waals surface area contributed by atoms with Gasteiger partial charge in [0.2, 0.25) is 0 Å². The fraction of sp³-hybridized carbons (Fsp3) is 0.143. The molecule has 5 heteroatoms. The van der Waals surface area contributed by atoms with Crippen LogP contribution in [0, 0.1) is 0 Å². The summed E-state index contributed by atoms with van der Waals surface area (Å²) in [5, 5.41) is 9.06. The van der Waals surface area contributed by atoms with Gasteiger partial charge < -0.3 is 5.11 Å². The van der Waals surface area contributed by atoms with Crippen LogP contribution in [-0.4, -0.2) is 10.00 Å². The van der Waals surface area contributed by atoms with Gasteiger partial charge in [0, 0.05) is 5.56 Å². The molecule has 0 heterocycles. The van der Waals surface area contributed by atoms with Crippen molar-refractivity contribution in [1.82, 2.24) is 0 Å². The van der Waals surface area contributed by atoms with Gasteiger partial charge in [0.15, 0.2) is 0 Å². The molecule has 0 radical (unpaired) electrons. The quantitative estimate of drug-likeness (QED) is 0.441. The zero-order valence-corrected chi connectivity index (χ0v) is 9.61. The van der Waals surface area contributed by atoms with Crippen molar-refractivity contribution in [3.8, 4) is 0 Å². The van der Waals surface area contributed by atoms with Crippen LogP contribution in [0.5, 0.6) is 0 Å². The van der Waals surface area contributed by atoms with Gasteiger partial charge in [-0.2, -0.15) is 4.89 Å². The molecule has 0 saturated heterocycles. The van der Waals surface area contributed by atoms with Gasteiger partial charge in [-0.1, -0.05) is 30.3 Å². The molecule has 0 spiro atoms. The molecule has 0 aliphatic rings. The summed E-state index contributed by atoms with van der Waals surface area (Å²) >= 11 is 0. The van der Waals surface area contributed by atoms with Gasteiger partial charge in [-0.05, 0) is 4.57 Å². The van der Waals surface area contributed by atoms with E-state index in [1.807, 2.05) is 0 Å². The van der Waals surface area contributed by atoms with E-state index in [4.69, 9.17) is 10.00 Å². The van der Waals surface area contributed by atoms with Gasteiger partial charge in [-0.3, -0.25) is 0 Å². The van der Waals surface area contributed by atoms with Crippen molar-refractivity contribution in [1.29, 1.82) is 0 Å². The summed E-state index contributed by atoms with van der Waals surface area (Å²) in [5.74, 6) is -1.26. The maximum absolute atomic E-state index is 10.4. The van der Waals surface area contributed by atoms with E-state index in [0.29, 0.717) is 5.56 Å². The first-order valence-electron chi connectivity index (χ1n) is 3.10. The smallest absolute Gasteiger partial charge is 0.345 e. The standard InChI is InChI=1S/C7H7O3P.Na/c8-7(11(9)10)6-4-2-1-3-5-6;/h1-5,7-8H;/q;+1/p+1. The molecule has 0 aromatic heterocycles. The van der Waals surface area contributed by atoms with Gasteiger partial charge >= 0.3 is 43.4 Å². The maximum atomic E-state index is 10.4. The third-order valence-corrected chi connectivity index (χ3v) is 2.02. The van der Waals surface area contributed by atoms with Gasteiger partial charge in [0.05, 0.1) is 0 Å². The first-order valence-corrected chi connectivity index (χ1v) is 4.38. The van der Waals surface area contributed by atoms with Crippen LogP contribution in [0.2, 0.25) is 0 Å². The summed E-state index contributed by atoms with van der Waals surface area (Å²) in [4.78, 5) is 8.53. The van der Waals surface area contributed by atoms with Gasteiger partial charge in [-0.15, -0.1) is 0 Å². The number of aliphatic hydroxyl groups is 1. The van der Waals surface area contributed by atoms with Crippen LogP contribution in [-0.2, 0) is 4.57 Å². The van der Waals surface area contributed by atoms with E-state index in [1.165, 1.54) is 0 Å². The Morgan fingerprint density at radius 2 is 1.75 bits per heavy atom. The molecule has 2 unspecified atom stereocenters. The number of benzene rings is 1. The number of aliphatic hydroxyl groups excluding tert-OH is 1. The predicted octanol–water partition coefficient (Wildman–Crippen LogP) is -1.58. The van der Waals surface area contributed by atoms with Gasteiger partial charge in [0.1, 0.15) is 0 Å². The third-order valence-electron chi connectivity index (χ3n) is 1.31. The van der Waals surface area contributed by atoms with Crippen molar-refractivity contribution in [2.45, 2.75) is 5.85 Å². The molecule has 1 rings (SSSR count). The first kappa shape index (κ1) is 12.2. The Balaban J connectivity index is 0.00000121. The summed E-state index contributed by atoms with van der Waals surface area (Å²) in [6.07, 6.45) is 0. The van der Waals surface area contributed by atoms with Crippen molar-refractivity contribution in [3.63, 3.8) is 0 Å². The normalized spacial score (nSPS) is 13.0.